The molecule has 0 aromatic carbocycles. The second kappa shape index (κ2) is 4.51. The van der Waals surface area contributed by atoms with Crippen molar-refractivity contribution in [3.05, 3.63) is 22.0 Å². The van der Waals surface area contributed by atoms with Crippen molar-refractivity contribution in [1.29, 1.82) is 0 Å². The summed E-state index contributed by atoms with van der Waals surface area (Å²) in [5.74, 6) is -2.40. The number of nitrogens with zero attached hydrogens (tertiary/aromatic N) is 2. The summed E-state index contributed by atoms with van der Waals surface area (Å²) >= 11 is 5.85. The van der Waals surface area contributed by atoms with Crippen LogP contribution in [0.25, 0.3) is 0 Å². The van der Waals surface area contributed by atoms with E-state index >= 15 is 0 Å². The molecule has 2 rings (SSSR count). The molecule has 2 heterocycles. The van der Waals surface area contributed by atoms with Crippen molar-refractivity contribution < 1.29 is 19.5 Å². The molecule has 1 aromatic rings. The van der Waals surface area contributed by atoms with E-state index in [9.17, 15) is 14.4 Å². The number of amides is 2. The largest absolute Gasteiger partial charge is 0.481 e. The number of rotatable bonds is 3. The zero-order valence-corrected chi connectivity index (χ0v) is 10.7. The Balaban J connectivity index is 2.47. The Morgan fingerprint density at radius 3 is 2.53 bits per heavy atom. The second-order valence-corrected chi connectivity index (χ2v) is 4.42. The molecule has 0 saturated carbocycles. The van der Waals surface area contributed by atoms with Gasteiger partial charge in [0.1, 0.15) is 5.15 Å². The normalized spacial score (nSPS) is 13.9. The molecule has 0 fully saturated rings. The van der Waals surface area contributed by atoms with E-state index in [1.807, 2.05) is 0 Å². The van der Waals surface area contributed by atoms with Gasteiger partial charge in [-0.1, -0.05) is 11.6 Å². The summed E-state index contributed by atoms with van der Waals surface area (Å²) < 4.78 is 0. The smallest absolute Gasteiger partial charge is 0.305 e. The summed E-state index contributed by atoms with van der Waals surface area (Å²) in [5.41, 5.74) is 6.13. The van der Waals surface area contributed by atoms with Crippen LogP contribution in [0.5, 0.6) is 0 Å². The standard InChI is InChI=1S/C11H10ClN3O4/c1-4-8(13)6-7(9(12)14-4)11(19)15(10(6)18)3-2-5(16)17/h2-3,13H2,1H3,(H,16,17). The van der Waals surface area contributed by atoms with Crippen molar-refractivity contribution in [2.45, 2.75) is 13.3 Å². The Bertz CT molecular complexity index is 614. The number of imide groups is 1. The van der Waals surface area contributed by atoms with Crippen molar-refractivity contribution in [2.75, 3.05) is 12.3 Å². The minimum absolute atomic E-state index is 0.00730. The minimum Gasteiger partial charge on any atom is -0.481 e. The van der Waals surface area contributed by atoms with Gasteiger partial charge in [0.05, 0.1) is 28.9 Å². The molecule has 1 aliphatic heterocycles. The minimum atomic E-state index is -1.11. The van der Waals surface area contributed by atoms with E-state index in [4.69, 9.17) is 22.4 Å². The van der Waals surface area contributed by atoms with Crippen LogP contribution in [-0.2, 0) is 4.79 Å². The number of pyridine rings is 1. The van der Waals surface area contributed by atoms with E-state index in [1.165, 1.54) is 0 Å². The number of anilines is 1. The Morgan fingerprint density at radius 2 is 1.95 bits per heavy atom. The first-order chi connectivity index (χ1) is 8.84. The van der Waals surface area contributed by atoms with E-state index in [0.29, 0.717) is 5.69 Å². The van der Waals surface area contributed by atoms with Crippen LogP contribution in [-0.4, -0.2) is 39.3 Å². The maximum Gasteiger partial charge on any atom is 0.305 e. The van der Waals surface area contributed by atoms with Gasteiger partial charge < -0.3 is 10.8 Å². The Kier molecular flexibility index (Phi) is 3.15. The van der Waals surface area contributed by atoms with Crippen LogP contribution < -0.4 is 5.73 Å². The average Bonchev–Trinajstić information content (AvgIpc) is 2.56. The van der Waals surface area contributed by atoms with Crippen molar-refractivity contribution >= 4 is 35.1 Å². The SMILES string of the molecule is Cc1nc(Cl)c2c(c1N)C(=O)N(CCC(=O)O)C2=O. The lowest BCUT2D eigenvalue weighted by Crippen LogP contribution is -2.32. The molecule has 3 N–H and O–H groups in total. The number of hydrogen-bond donors (Lipinski definition) is 2. The number of carbonyl (C=O) groups excluding carboxylic acids is 2. The number of carbonyl (C=O) groups is 3. The predicted octanol–water partition coefficient (Wildman–Crippen LogP) is 0.696. The highest BCUT2D eigenvalue weighted by Crippen LogP contribution is 2.33. The number of hydrogen-bond acceptors (Lipinski definition) is 5. The molecule has 1 aliphatic rings. The van der Waals surface area contributed by atoms with Crippen LogP contribution in [0.3, 0.4) is 0 Å². The lowest BCUT2D eigenvalue weighted by molar-refractivity contribution is -0.137. The third-order valence-corrected chi connectivity index (χ3v) is 3.12. The quantitative estimate of drug-likeness (QED) is 0.623. The van der Waals surface area contributed by atoms with Gasteiger partial charge >= 0.3 is 5.97 Å². The summed E-state index contributed by atoms with van der Waals surface area (Å²) in [6.07, 6.45) is -0.338. The molecule has 2 amide bonds. The van der Waals surface area contributed by atoms with Crippen LogP contribution in [0.1, 0.15) is 32.8 Å². The van der Waals surface area contributed by atoms with Gasteiger partial charge in [0, 0.05) is 6.54 Å². The van der Waals surface area contributed by atoms with Crippen LogP contribution in [0.4, 0.5) is 5.69 Å². The van der Waals surface area contributed by atoms with Gasteiger partial charge in [0.15, 0.2) is 0 Å². The molecule has 0 atom stereocenters. The molecular formula is C11H10ClN3O4. The molecular weight excluding hydrogens is 274 g/mol. The summed E-state index contributed by atoms with van der Waals surface area (Å²) in [4.78, 5) is 39.4. The zero-order chi connectivity index (χ0) is 14.3. The Labute approximate surface area is 113 Å². The van der Waals surface area contributed by atoms with Gasteiger partial charge in [-0.2, -0.15) is 0 Å². The molecule has 0 unspecified atom stereocenters. The van der Waals surface area contributed by atoms with Crippen molar-refractivity contribution in [3.8, 4) is 0 Å². The summed E-state index contributed by atoms with van der Waals surface area (Å²) in [6.45, 7) is 1.34. The van der Waals surface area contributed by atoms with Gasteiger partial charge in [0.2, 0.25) is 0 Å². The molecule has 0 aliphatic carbocycles. The fourth-order valence-electron chi connectivity index (χ4n) is 1.87. The van der Waals surface area contributed by atoms with Gasteiger partial charge in [-0.3, -0.25) is 19.3 Å². The lowest BCUT2D eigenvalue weighted by Gasteiger charge is -2.11. The van der Waals surface area contributed by atoms with Crippen molar-refractivity contribution in [2.24, 2.45) is 0 Å². The zero-order valence-electron chi connectivity index (χ0n) is 9.94. The third kappa shape index (κ3) is 2.01. The van der Waals surface area contributed by atoms with Crippen LogP contribution >= 0.6 is 11.6 Å². The number of nitrogen functional groups attached to an aromatic ring is 1. The van der Waals surface area contributed by atoms with Crippen LogP contribution in [0.15, 0.2) is 0 Å². The van der Waals surface area contributed by atoms with Crippen LogP contribution in [0, 0.1) is 6.92 Å². The first kappa shape index (κ1) is 13.3. The van der Waals surface area contributed by atoms with E-state index in [1.54, 1.807) is 6.92 Å². The number of aliphatic carboxylic acids is 1. The fraction of sp³-hybridized carbons (Fsp3) is 0.273. The Morgan fingerprint density at radius 1 is 1.37 bits per heavy atom. The number of carboxylic acid groups (broad SMARTS) is 1. The molecule has 0 radical (unpaired) electrons. The number of nitrogens with two attached hydrogens (primary N) is 1. The monoisotopic (exact) mass is 283 g/mol. The third-order valence-electron chi connectivity index (χ3n) is 2.85. The first-order valence-corrected chi connectivity index (χ1v) is 5.76. The molecule has 100 valence electrons. The second-order valence-electron chi connectivity index (χ2n) is 4.06. The maximum atomic E-state index is 12.1. The maximum absolute atomic E-state index is 12.1. The van der Waals surface area contributed by atoms with Crippen LogP contribution in [0.2, 0.25) is 5.15 Å². The van der Waals surface area contributed by atoms with Gasteiger partial charge in [-0.15, -0.1) is 0 Å². The fourth-order valence-corrected chi connectivity index (χ4v) is 2.17. The highest BCUT2D eigenvalue weighted by atomic mass is 35.5. The molecule has 7 nitrogen and oxygen atoms in total. The lowest BCUT2D eigenvalue weighted by atomic mass is 10.1. The molecule has 8 heteroatoms. The highest BCUT2D eigenvalue weighted by Gasteiger charge is 2.40. The van der Waals surface area contributed by atoms with E-state index in [0.717, 1.165) is 4.90 Å². The highest BCUT2D eigenvalue weighted by molar-refractivity contribution is 6.37. The number of carboxylic acids is 1. The first-order valence-electron chi connectivity index (χ1n) is 5.38. The molecule has 19 heavy (non-hydrogen) atoms. The summed E-state index contributed by atoms with van der Waals surface area (Å²) in [6, 6.07) is 0. The molecule has 1 aromatic heterocycles. The average molecular weight is 284 g/mol. The number of aromatic nitrogens is 1. The van der Waals surface area contributed by atoms with E-state index in [2.05, 4.69) is 4.98 Å². The summed E-state index contributed by atoms with van der Waals surface area (Å²) in [7, 11) is 0. The van der Waals surface area contributed by atoms with Crippen molar-refractivity contribution in [3.63, 3.8) is 0 Å². The molecule has 0 saturated heterocycles. The number of aryl methyl sites for hydroxylation is 1. The van der Waals surface area contributed by atoms with Gasteiger partial charge in [-0.05, 0) is 6.92 Å². The topological polar surface area (TPSA) is 114 Å². The van der Waals surface area contributed by atoms with Crippen molar-refractivity contribution in [1.82, 2.24) is 9.88 Å². The van der Waals surface area contributed by atoms with E-state index in [-0.39, 0.29) is 34.9 Å². The molecule has 0 spiro atoms. The number of halogens is 1. The molecule has 0 bridgehead atoms. The number of fused-ring (bicyclic) bond motifs is 1. The van der Waals surface area contributed by atoms with E-state index < -0.39 is 17.8 Å². The Hall–Kier alpha value is -2.15. The predicted molar refractivity (Wildman–Crippen MR) is 66.0 cm³/mol. The summed E-state index contributed by atoms with van der Waals surface area (Å²) in [5, 5.41) is 8.51. The van der Waals surface area contributed by atoms with Gasteiger partial charge in [-0.25, -0.2) is 4.98 Å². The van der Waals surface area contributed by atoms with Gasteiger partial charge in [0.25, 0.3) is 11.8 Å².